The van der Waals surface area contributed by atoms with Crippen LogP contribution >= 0.6 is 23.5 Å². The third-order valence-corrected chi connectivity index (χ3v) is 6.04. The lowest BCUT2D eigenvalue weighted by Gasteiger charge is -2.06. The molecule has 3 rings (SSSR count). The zero-order valence-corrected chi connectivity index (χ0v) is 17.7. The minimum absolute atomic E-state index is 0.0101. The lowest BCUT2D eigenvalue weighted by atomic mass is 10.2. The second kappa shape index (κ2) is 11.2. The van der Waals surface area contributed by atoms with Gasteiger partial charge < -0.3 is 5.73 Å². The van der Waals surface area contributed by atoms with Crippen molar-refractivity contribution in [3.05, 3.63) is 106 Å². The lowest BCUT2D eigenvalue weighted by molar-refractivity contribution is -0.384. The third-order valence-electron chi connectivity index (χ3n) is 4.02. The molecular weight excluding hydrogens is 416 g/mol. The van der Waals surface area contributed by atoms with Crippen molar-refractivity contribution in [3.63, 3.8) is 0 Å². The summed E-state index contributed by atoms with van der Waals surface area (Å²) in [6.07, 6.45) is 1.51. The minimum Gasteiger partial charge on any atom is -0.377 e. The molecule has 0 saturated heterocycles. The molecule has 3 aromatic rings. The number of hydrogen-bond acceptors (Lipinski definition) is 6. The van der Waals surface area contributed by atoms with E-state index in [0.717, 1.165) is 16.2 Å². The third kappa shape index (κ3) is 6.75. The number of benzene rings is 3. The van der Waals surface area contributed by atoms with E-state index in [9.17, 15) is 10.1 Å². The van der Waals surface area contributed by atoms with Gasteiger partial charge in [0.2, 0.25) is 0 Å². The molecule has 0 fully saturated rings. The summed E-state index contributed by atoms with van der Waals surface area (Å²) in [5.41, 5.74) is 8.88. The molecule has 0 unspecified atom stereocenters. The van der Waals surface area contributed by atoms with Crippen LogP contribution < -0.4 is 5.73 Å². The topological polar surface area (TPSA) is 93.9 Å². The second-order valence-electron chi connectivity index (χ2n) is 6.21. The molecule has 0 aromatic heterocycles. The average Bonchev–Trinajstić information content (AvgIpc) is 2.78. The fourth-order valence-corrected chi connectivity index (χ4v) is 4.09. The molecular formula is C22H20N4O2S2. The van der Waals surface area contributed by atoms with Gasteiger partial charge in [-0.15, -0.1) is 16.9 Å². The molecule has 0 bridgehead atoms. The van der Waals surface area contributed by atoms with Crippen LogP contribution in [0.25, 0.3) is 0 Å². The van der Waals surface area contributed by atoms with Gasteiger partial charge in [0, 0.05) is 34.1 Å². The average molecular weight is 437 g/mol. The van der Waals surface area contributed by atoms with E-state index < -0.39 is 4.92 Å². The van der Waals surface area contributed by atoms with Gasteiger partial charge in [-0.2, -0.15) is 5.10 Å². The smallest absolute Gasteiger partial charge is 0.270 e. The van der Waals surface area contributed by atoms with Crippen LogP contribution in [0.1, 0.15) is 16.7 Å². The van der Waals surface area contributed by atoms with E-state index in [0.29, 0.717) is 16.5 Å². The zero-order chi connectivity index (χ0) is 21.2. The van der Waals surface area contributed by atoms with Crippen LogP contribution in [0.2, 0.25) is 0 Å². The second-order valence-corrected chi connectivity index (χ2v) is 8.22. The molecule has 0 amide bonds. The van der Waals surface area contributed by atoms with Crippen LogP contribution in [-0.4, -0.2) is 16.3 Å². The first kappa shape index (κ1) is 21.6. The first-order chi connectivity index (χ1) is 14.6. The largest absolute Gasteiger partial charge is 0.377 e. The fourth-order valence-electron chi connectivity index (χ4n) is 2.53. The summed E-state index contributed by atoms with van der Waals surface area (Å²) in [5.74, 6) is 1.44. The number of nitro groups is 1. The maximum Gasteiger partial charge on any atom is 0.270 e. The van der Waals surface area contributed by atoms with E-state index in [2.05, 4.69) is 10.2 Å². The predicted octanol–water partition coefficient (Wildman–Crippen LogP) is 5.47. The first-order valence-corrected chi connectivity index (χ1v) is 11.1. The van der Waals surface area contributed by atoms with Crippen LogP contribution in [0.15, 0.2) is 94.0 Å². The molecule has 6 nitrogen and oxygen atoms in total. The molecule has 0 aliphatic carbocycles. The predicted molar refractivity (Wildman–Crippen MR) is 126 cm³/mol. The van der Waals surface area contributed by atoms with Crippen molar-refractivity contribution in [3.8, 4) is 0 Å². The van der Waals surface area contributed by atoms with Gasteiger partial charge in [0.25, 0.3) is 5.69 Å². The van der Waals surface area contributed by atoms with Crippen molar-refractivity contribution in [2.75, 3.05) is 0 Å². The van der Waals surface area contributed by atoms with Crippen molar-refractivity contribution in [2.45, 2.75) is 16.4 Å². The van der Waals surface area contributed by atoms with Crippen molar-refractivity contribution in [1.29, 1.82) is 0 Å². The number of non-ortho nitro benzene ring substituents is 1. The molecule has 152 valence electrons. The van der Waals surface area contributed by atoms with E-state index in [4.69, 9.17) is 5.73 Å². The van der Waals surface area contributed by atoms with E-state index >= 15 is 0 Å². The Hall–Kier alpha value is -3.10. The van der Waals surface area contributed by atoms with Crippen LogP contribution in [0.3, 0.4) is 0 Å². The van der Waals surface area contributed by atoms with E-state index in [1.807, 2.05) is 60.7 Å². The van der Waals surface area contributed by atoms with Gasteiger partial charge in [-0.3, -0.25) is 10.1 Å². The summed E-state index contributed by atoms with van der Waals surface area (Å²) in [6.45, 7) is 0. The van der Waals surface area contributed by atoms with Crippen molar-refractivity contribution in [1.82, 2.24) is 0 Å². The molecule has 0 spiro atoms. The highest BCUT2D eigenvalue weighted by Gasteiger charge is 2.10. The molecule has 8 heteroatoms. The van der Waals surface area contributed by atoms with Crippen LogP contribution in [0.5, 0.6) is 0 Å². The Balaban J connectivity index is 1.70. The summed E-state index contributed by atoms with van der Waals surface area (Å²) < 4.78 is 0. The van der Waals surface area contributed by atoms with Gasteiger partial charge in [0.1, 0.15) is 0 Å². The standard InChI is InChI=1S/C22H20N4O2S2/c23-22(30-16-18-9-5-2-6-10-18)25-24-14-19-13-20(26(27)28)11-12-21(19)29-15-17-7-3-1-4-8-17/h1-14H,15-16H2,(H2,23,25). The first-order valence-electron chi connectivity index (χ1n) is 9.10. The summed E-state index contributed by atoms with van der Waals surface area (Å²) >= 11 is 2.97. The van der Waals surface area contributed by atoms with Crippen LogP contribution in [0, 0.1) is 10.1 Å². The zero-order valence-electron chi connectivity index (χ0n) is 16.0. The molecule has 0 saturated carbocycles. The highest BCUT2D eigenvalue weighted by molar-refractivity contribution is 8.13. The summed E-state index contributed by atoms with van der Waals surface area (Å²) in [5, 5.41) is 19.5. The number of hydrogen-bond donors (Lipinski definition) is 1. The normalized spacial score (nSPS) is 11.7. The van der Waals surface area contributed by atoms with Gasteiger partial charge >= 0.3 is 0 Å². The van der Waals surface area contributed by atoms with Crippen molar-refractivity contribution in [2.24, 2.45) is 15.9 Å². The number of thioether (sulfide) groups is 2. The minimum atomic E-state index is -0.420. The maximum absolute atomic E-state index is 11.1. The number of amidine groups is 1. The number of nitro benzene ring substituents is 1. The lowest BCUT2D eigenvalue weighted by Crippen LogP contribution is -2.06. The van der Waals surface area contributed by atoms with Crippen LogP contribution in [0.4, 0.5) is 5.69 Å². The Morgan fingerprint density at radius 1 is 0.967 bits per heavy atom. The monoisotopic (exact) mass is 436 g/mol. The fraction of sp³-hybridized carbons (Fsp3) is 0.0909. The Kier molecular flexibility index (Phi) is 8.05. The quantitative estimate of drug-likeness (QED) is 0.166. The molecule has 0 heterocycles. The van der Waals surface area contributed by atoms with Gasteiger partial charge in [0.15, 0.2) is 5.17 Å². The molecule has 2 N–H and O–H groups in total. The SMILES string of the molecule is NC(=NN=Cc1cc([N+](=O)[O-])ccc1SCc1ccccc1)SCc1ccccc1. The van der Waals surface area contributed by atoms with Crippen molar-refractivity contribution < 1.29 is 4.92 Å². The van der Waals surface area contributed by atoms with Crippen LogP contribution in [-0.2, 0) is 11.5 Å². The Bertz CT molecular complexity index is 1040. The summed E-state index contributed by atoms with van der Waals surface area (Å²) in [4.78, 5) is 11.6. The number of nitrogens with zero attached hydrogens (tertiary/aromatic N) is 3. The van der Waals surface area contributed by atoms with Gasteiger partial charge in [-0.05, 0) is 17.2 Å². The molecule has 0 atom stereocenters. The van der Waals surface area contributed by atoms with Gasteiger partial charge in [-0.25, -0.2) is 0 Å². The summed E-state index contributed by atoms with van der Waals surface area (Å²) in [7, 11) is 0. The Labute approximate surface area is 183 Å². The van der Waals surface area contributed by atoms with Crippen molar-refractivity contribution >= 4 is 40.6 Å². The molecule has 0 radical (unpaired) electrons. The molecule has 0 aliphatic heterocycles. The maximum atomic E-state index is 11.1. The number of nitrogens with two attached hydrogens (primary N) is 1. The Morgan fingerprint density at radius 3 is 2.23 bits per heavy atom. The number of rotatable bonds is 8. The van der Waals surface area contributed by atoms with E-state index in [1.54, 1.807) is 17.8 Å². The highest BCUT2D eigenvalue weighted by Crippen LogP contribution is 2.28. The van der Waals surface area contributed by atoms with Gasteiger partial charge in [-0.1, -0.05) is 72.4 Å². The highest BCUT2D eigenvalue weighted by atomic mass is 32.2. The molecule has 30 heavy (non-hydrogen) atoms. The van der Waals surface area contributed by atoms with E-state index in [1.165, 1.54) is 35.7 Å². The Morgan fingerprint density at radius 2 is 1.60 bits per heavy atom. The van der Waals surface area contributed by atoms with Gasteiger partial charge in [0.05, 0.1) is 11.1 Å². The molecule has 3 aromatic carbocycles. The summed E-state index contributed by atoms with van der Waals surface area (Å²) in [6, 6.07) is 24.7. The molecule has 0 aliphatic rings. The van der Waals surface area contributed by atoms with E-state index in [-0.39, 0.29) is 5.69 Å².